The molecule has 0 aromatic heterocycles. The number of carbonyl (C=O) groups excluding carboxylic acids is 4. The van der Waals surface area contributed by atoms with Gasteiger partial charge in [0.1, 0.15) is 5.75 Å². The monoisotopic (exact) mass is 444 g/mol. The number of amides is 2. The third-order valence-corrected chi connectivity index (χ3v) is 4.41. The van der Waals surface area contributed by atoms with Crippen LogP contribution >= 0.6 is 28.6 Å². The van der Waals surface area contributed by atoms with E-state index in [0.717, 1.165) is 0 Å². The first-order chi connectivity index (χ1) is 12.2. The highest BCUT2D eigenvalue weighted by molar-refractivity contribution is 9.09. The highest BCUT2D eigenvalue weighted by atomic mass is 79.9. The summed E-state index contributed by atoms with van der Waals surface area (Å²) in [7, 11) is 0. The number of esters is 1. The number of anilines is 1. The van der Waals surface area contributed by atoms with Crippen LogP contribution in [0.3, 0.4) is 0 Å². The molecule has 0 aliphatic heterocycles. The number of nitrogens with one attached hydrogen (secondary N) is 2. The molecule has 1 unspecified atom stereocenters. The zero-order valence-corrected chi connectivity index (χ0v) is 17.0. The number of thiol groups is 1. The Hall–Kier alpha value is -1.87. The predicted molar refractivity (Wildman–Crippen MR) is 105 cm³/mol. The summed E-state index contributed by atoms with van der Waals surface area (Å²) in [6, 6.07) is 6.06. The van der Waals surface area contributed by atoms with E-state index < -0.39 is 23.2 Å². The van der Waals surface area contributed by atoms with Crippen LogP contribution in [0.15, 0.2) is 24.3 Å². The van der Waals surface area contributed by atoms with Gasteiger partial charge in [0.05, 0.1) is 0 Å². The van der Waals surface area contributed by atoms with Crippen LogP contribution in [-0.4, -0.2) is 40.2 Å². The Bertz CT molecular complexity index is 680. The van der Waals surface area contributed by atoms with Crippen LogP contribution < -0.4 is 15.4 Å². The Morgan fingerprint density at radius 3 is 2.19 bits per heavy atom. The van der Waals surface area contributed by atoms with Crippen molar-refractivity contribution < 1.29 is 23.9 Å². The molecule has 2 N–H and O–H groups in total. The molecule has 1 aromatic rings. The molecule has 0 saturated heterocycles. The maximum Gasteiger partial charge on any atom is 0.345 e. The molecule has 1 rings (SSSR count). The molecule has 0 fully saturated rings. The first-order valence-electron chi connectivity index (χ1n) is 7.84. The fraction of sp³-hybridized carbons (Fsp3) is 0.412. The maximum atomic E-state index is 12.7. The molecule has 0 spiro atoms. The van der Waals surface area contributed by atoms with Gasteiger partial charge in [-0.3, -0.25) is 14.4 Å². The summed E-state index contributed by atoms with van der Waals surface area (Å²) in [5.74, 6) is -2.20. The second-order valence-corrected chi connectivity index (χ2v) is 6.66. The molecular weight excluding hydrogens is 424 g/mol. The van der Waals surface area contributed by atoms with Gasteiger partial charge in [0, 0.05) is 37.0 Å². The largest absolute Gasteiger partial charge is 0.424 e. The lowest BCUT2D eigenvalue weighted by Gasteiger charge is -2.29. The third-order valence-electron chi connectivity index (χ3n) is 3.37. The zero-order chi connectivity index (χ0) is 19.7. The smallest absolute Gasteiger partial charge is 0.345 e. The van der Waals surface area contributed by atoms with Gasteiger partial charge in [-0.05, 0) is 30.7 Å². The molecular formula is C17H21BrN2O5S. The minimum atomic E-state index is -1.85. The number of alkyl halides is 1. The third kappa shape index (κ3) is 6.14. The maximum absolute atomic E-state index is 12.7. The van der Waals surface area contributed by atoms with Gasteiger partial charge in [-0.1, -0.05) is 15.9 Å². The lowest BCUT2D eigenvalue weighted by Crippen LogP contribution is -2.62. The van der Waals surface area contributed by atoms with Gasteiger partial charge in [-0.25, -0.2) is 4.79 Å². The number of benzene rings is 1. The molecule has 0 aliphatic carbocycles. The lowest BCUT2D eigenvalue weighted by atomic mass is 9.92. The summed E-state index contributed by atoms with van der Waals surface area (Å²) >= 11 is 7.33. The lowest BCUT2D eigenvalue weighted by molar-refractivity contribution is -0.149. The Morgan fingerprint density at radius 1 is 1.12 bits per heavy atom. The molecule has 1 atom stereocenters. The van der Waals surface area contributed by atoms with Crippen molar-refractivity contribution >= 4 is 57.8 Å². The molecule has 26 heavy (non-hydrogen) atoms. The number of ketones is 1. The van der Waals surface area contributed by atoms with E-state index in [4.69, 9.17) is 4.74 Å². The number of hydrogen-bond acceptors (Lipinski definition) is 6. The van der Waals surface area contributed by atoms with Gasteiger partial charge < -0.3 is 15.4 Å². The van der Waals surface area contributed by atoms with Crippen LogP contribution in [0.2, 0.25) is 0 Å². The van der Waals surface area contributed by atoms with Crippen molar-refractivity contribution in [3.63, 3.8) is 0 Å². The molecule has 0 saturated carbocycles. The van der Waals surface area contributed by atoms with Crippen LogP contribution in [0.5, 0.6) is 5.75 Å². The quantitative estimate of drug-likeness (QED) is 0.178. The molecule has 0 radical (unpaired) electrons. The van der Waals surface area contributed by atoms with Crippen molar-refractivity contribution in [3.8, 4) is 5.75 Å². The second kappa shape index (κ2) is 10.3. The van der Waals surface area contributed by atoms with E-state index in [9.17, 15) is 19.2 Å². The van der Waals surface area contributed by atoms with Crippen molar-refractivity contribution in [2.75, 3.05) is 16.4 Å². The van der Waals surface area contributed by atoms with E-state index in [1.54, 1.807) is 12.1 Å². The second-order valence-electron chi connectivity index (χ2n) is 5.56. The average molecular weight is 445 g/mol. The van der Waals surface area contributed by atoms with Crippen molar-refractivity contribution in [3.05, 3.63) is 24.3 Å². The van der Waals surface area contributed by atoms with E-state index in [2.05, 4.69) is 39.2 Å². The topological polar surface area (TPSA) is 102 Å². The number of ether oxygens (including phenoxy) is 1. The number of Topliss-reactive ketones (excluding diaryl/α,β-unsaturated/α-hetero) is 1. The normalized spacial score (nSPS) is 12.6. The summed E-state index contributed by atoms with van der Waals surface area (Å²) in [4.78, 5) is 47.8. The summed E-state index contributed by atoms with van der Waals surface area (Å²) in [5.41, 5.74) is -1.32. The SMILES string of the molecule is CC(=O)Nc1ccc(OC(=O)C(CS)(NC(C)=O)C(=O)CCCBr)cc1. The van der Waals surface area contributed by atoms with E-state index in [1.807, 2.05) is 0 Å². The highest BCUT2D eigenvalue weighted by Gasteiger charge is 2.46. The Balaban J connectivity index is 3.02. The van der Waals surface area contributed by atoms with Gasteiger partial charge >= 0.3 is 5.97 Å². The van der Waals surface area contributed by atoms with Crippen LogP contribution in [0.25, 0.3) is 0 Å². The molecule has 142 valence electrons. The average Bonchev–Trinajstić information content (AvgIpc) is 2.58. The zero-order valence-electron chi connectivity index (χ0n) is 14.5. The predicted octanol–water partition coefficient (Wildman–Crippen LogP) is 2.10. The fourth-order valence-electron chi connectivity index (χ4n) is 2.17. The Labute approximate surface area is 165 Å². The minimum absolute atomic E-state index is 0.0860. The molecule has 7 nitrogen and oxygen atoms in total. The van der Waals surface area contributed by atoms with Gasteiger partial charge in [-0.2, -0.15) is 12.6 Å². The Kier molecular flexibility index (Phi) is 8.80. The minimum Gasteiger partial charge on any atom is -0.424 e. The molecule has 0 heterocycles. The summed E-state index contributed by atoms with van der Waals surface area (Å²) < 4.78 is 5.28. The van der Waals surface area contributed by atoms with Gasteiger partial charge in [0.25, 0.3) is 0 Å². The van der Waals surface area contributed by atoms with Gasteiger partial charge in [-0.15, -0.1) is 0 Å². The summed E-state index contributed by atoms with van der Waals surface area (Å²) in [5, 5.41) is 5.57. The van der Waals surface area contributed by atoms with Crippen molar-refractivity contribution in [2.24, 2.45) is 0 Å². The number of hydrogen-bond donors (Lipinski definition) is 3. The summed E-state index contributed by atoms with van der Waals surface area (Å²) in [6.07, 6.45) is 0.593. The fourth-order valence-corrected chi connectivity index (χ4v) is 2.84. The van der Waals surface area contributed by atoms with E-state index >= 15 is 0 Å². The molecule has 9 heteroatoms. The van der Waals surface area contributed by atoms with Crippen LogP contribution in [0.4, 0.5) is 5.69 Å². The Morgan fingerprint density at radius 2 is 1.73 bits per heavy atom. The first-order valence-corrected chi connectivity index (χ1v) is 9.59. The van der Waals surface area contributed by atoms with Crippen LogP contribution in [0, 0.1) is 0 Å². The van der Waals surface area contributed by atoms with E-state index in [-0.39, 0.29) is 23.8 Å². The van der Waals surface area contributed by atoms with Crippen LogP contribution in [0.1, 0.15) is 26.7 Å². The van der Waals surface area contributed by atoms with Crippen LogP contribution in [-0.2, 0) is 19.2 Å². The number of halogens is 1. The highest BCUT2D eigenvalue weighted by Crippen LogP contribution is 2.21. The standard InChI is InChI=1S/C17H21BrN2O5S/c1-11(21)19-13-5-7-14(8-6-13)25-16(24)17(10-26,20-12(2)22)15(23)4-3-9-18/h5-8,26H,3-4,9-10H2,1-2H3,(H,19,21)(H,20,22). The molecule has 2 amide bonds. The van der Waals surface area contributed by atoms with E-state index in [0.29, 0.717) is 17.4 Å². The van der Waals surface area contributed by atoms with Crippen molar-refractivity contribution in [1.82, 2.24) is 5.32 Å². The number of rotatable bonds is 9. The summed E-state index contributed by atoms with van der Waals surface area (Å²) in [6.45, 7) is 2.59. The van der Waals surface area contributed by atoms with Crippen molar-refractivity contribution in [2.45, 2.75) is 32.2 Å². The number of carbonyl (C=O) groups is 4. The van der Waals surface area contributed by atoms with Crippen molar-refractivity contribution in [1.29, 1.82) is 0 Å². The van der Waals surface area contributed by atoms with Gasteiger partial charge in [0.15, 0.2) is 5.78 Å². The first kappa shape index (κ1) is 22.2. The molecule has 1 aromatic carbocycles. The molecule has 0 aliphatic rings. The van der Waals surface area contributed by atoms with Gasteiger partial charge in [0.2, 0.25) is 17.4 Å². The molecule has 0 bridgehead atoms. The van der Waals surface area contributed by atoms with E-state index in [1.165, 1.54) is 26.0 Å².